The second kappa shape index (κ2) is 6.32. The number of rotatable bonds is 4. The van der Waals surface area contributed by atoms with Gasteiger partial charge in [-0.2, -0.15) is 0 Å². The quantitative estimate of drug-likeness (QED) is 0.794. The maximum atomic E-state index is 12.0. The third-order valence-electron chi connectivity index (χ3n) is 4.05. The van der Waals surface area contributed by atoms with Gasteiger partial charge < -0.3 is 14.4 Å². The van der Waals surface area contributed by atoms with E-state index >= 15 is 0 Å². The molecule has 0 aromatic heterocycles. The van der Waals surface area contributed by atoms with Gasteiger partial charge in [-0.3, -0.25) is 9.59 Å². The first-order valence-corrected chi connectivity index (χ1v) is 7.46. The third-order valence-corrected chi connectivity index (χ3v) is 4.05. The molecule has 5 heteroatoms. The van der Waals surface area contributed by atoms with E-state index in [1.165, 1.54) is 6.92 Å². The lowest BCUT2D eigenvalue weighted by Crippen LogP contribution is -2.50. The molecule has 5 nitrogen and oxygen atoms in total. The molecule has 1 amide bonds. The van der Waals surface area contributed by atoms with E-state index in [1.54, 1.807) is 17.1 Å². The minimum Gasteiger partial charge on any atom is -0.460 e. The summed E-state index contributed by atoms with van der Waals surface area (Å²) in [7, 11) is 0. The van der Waals surface area contributed by atoms with Gasteiger partial charge in [-0.05, 0) is 11.6 Å². The molecule has 2 aliphatic rings. The Morgan fingerprint density at radius 1 is 1.32 bits per heavy atom. The van der Waals surface area contributed by atoms with Gasteiger partial charge in [-0.25, -0.2) is 0 Å². The standard InChI is InChI=1S/C17H19NO4/c1-12(19)22-15-9-10-18-16(20)8-7-14(17(15)18)21-11-13-5-3-2-4-6-13/h2-8,14-15,17H,9-11H2,1H3/t14-,15-,17+/m1/s1. The number of hydrogen-bond donors (Lipinski definition) is 0. The molecule has 1 aromatic carbocycles. The first-order valence-electron chi connectivity index (χ1n) is 7.46. The summed E-state index contributed by atoms with van der Waals surface area (Å²) in [4.78, 5) is 25.0. The highest BCUT2D eigenvalue weighted by atomic mass is 16.5. The third kappa shape index (κ3) is 3.04. The van der Waals surface area contributed by atoms with E-state index in [0.29, 0.717) is 19.6 Å². The molecular formula is C17H19NO4. The fourth-order valence-corrected chi connectivity index (χ4v) is 3.08. The van der Waals surface area contributed by atoms with Crippen LogP contribution in [0.15, 0.2) is 42.5 Å². The minimum atomic E-state index is -0.323. The van der Waals surface area contributed by atoms with Crippen molar-refractivity contribution in [2.45, 2.75) is 38.2 Å². The summed E-state index contributed by atoms with van der Waals surface area (Å²) in [5.41, 5.74) is 1.07. The maximum absolute atomic E-state index is 12.0. The van der Waals surface area contributed by atoms with Crippen LogP contribution in [0.2, 0.25) is 0 Å². The molecule has 3 atom stereocenters. The monoisotopic (exact) mass is 301 g/mol. The number of esters is 1. The first-order chi connectivity index (χ1) is 10.6. The molecule has 116 valence electrons. The molecule has 0 spiro atoms. The Hall–Kier alpha value is -2.14. The largest absolute Gasteiger partial charge is 0.460 e. The number of amides is 1. The molecule has 0 bridgehead atoms. The van der Waals surface area contributed by atoms with Gasteiger partial charge in [0.1, 0.15) is 12.2 Å². The van der Waals surface area contributed by atoms with Gasteiger partial charge >= 0.3 is 5.97 Å². The number of carbonyl (C=O) groups is 2. The SMILES string of the molecule is CC(=O)O[C@@H]1CCN2C(=O)C=C[C@@H](OCc3ccccc3)[C@@H]12. The summed E-state index contributed by atoms with van der Waals surface area (Å²) >= 11 is 0. The summed E-state index contributed by atoms with van der Waals surface area (Å²) in [5, 5.41) is 0. The molecule has 1 saturated heterocycles. The molecule has 0 unspecified atom stereocenters. The topological polar surface area (TPSA) is 55.8 Å². The molecule has 0 saturated carbocycles. The van der Waals surface area contributed by atoms with Crippen molar-refractivity contribution in [1.29, 1.82) is 0 Å². The normalized spacial score (nSPS) is 26.9. The van der Waals surface area contributed by atoms with Crippen LogP contribution in [0.4, 0.5) is 0 Å². The van der Waals surface area contributed by atoms with Gasteiger partial charge in [0.15, 0.2) is 0 Å². The van der Waals surface area contributed by atoms with Crippen LogP contribution >= 0.6 is 0 Å². The molecule has 0 N–H and O–H groups in total. The van der Waals surface area contributed by atoms with Crippen LogP contribution in [0.25, 0.3) is 0 Å². The molecule has 2 heterocycles. The number of ether oxygens (including phenoxy) is 2. The average Bonchev–Trinajstić information content (AvgIpc) is 2.92. The average molecular weight is 301 g/mol. The first kappa shape index (κ1) is 14.8. The van der Waals surface area contributed by atoms with Crippen LogP contribution in [0.1, 0.15) is 18.9 Å². The molecule has 2 aliphatic heterocycles. The van der Waals surface area contributed by atoms with E-state index in [1.807, 2.05) is 30.3 Å². The zero-order chi connectivity index (χ0) is 15.5. The van der Waals surface area contributed by atoms with Gasteiger partial charge in [0.25, 0.3) is 0 Å². The van der Waals surface area contributed by atoms with Gasteiger partial charge in [-0.15, -0.1) is 0 Å². The van der Waals surface area contributed by atoms with E-state index in [9.17, 15) is 9.59 Å². The van der Waals surface area contributed by atoms with E-state index in [0.717, 1.165) is 5.56 Å². The second-order valence-corrected chi connectivity index (χ2v) is 5.58. The molecule has 0 radical (unpaired) electrons. The Labute approximate surface area is 129 Å². The van der Waals surface area contributed by atoms with Gasteiger partial charge in [0.05, 0.1) is 12.6 Å². The predicted octanol–water partition coefficient (Wildman–Crippen LogP) is 1.67. The van der Waals surface area contributed by atoms with E-state index in [4.69, 9.17) is 9.47 Å². The molecule has 1 aromatic rings. The second-order valence-electron chi connectivity index (χ2n) is 5.58. The molecular weight excluding hydrogens is 282 g/mol. The highest BCUT2D eigenvalue weighted by Gasteiger charge is 2.45. The Morgan fingerprint density at radius 2 is 2.09 bits per heavy atom. The van der Waals surface area contributed by atoms with Gasteiger partial charge in [0.2, 0.25) is 5.91 Å². The zero-order valence-corrected chi connectivity index (χ0v) is 12.5. The molecule has 22 heavy (non-hydrogen) atoms. The van der Waals surface area contributed by atoms with Crippen LogP contribution in [0, 0.1) is 0 Å². The summed E-state index contributed by atoms with van der Waals surface area (Å²) in [6.45, 7) is 2.45. The smallest absolute Gasteiger partial charge is 0.302 e. The Balaban J connectivity index is 1.72. The fraction of sp³-hybridized carbons (Fsp3) is 0.412. The van der Waals surface area contributed by atoms with Crippen molar-refractivity contribution < 1.29 is 19.1 Å². The maximum Gasteiger partial charge on any atom is 0.302 e. The lowest BCUT2D eigenvalue weighted by molar-refractivity contribution is -0.152. The number of hydrogen-bond acceptors (Lipinski definition) is 4. The molecule has 3 rings (SSSR count). The number of fused-ring (bicyclic) bond motifs is 1. The summed E-state index contributed by atoms with van der Waals surface area (Å²) in [5.74, 6) is -0.366. The summed E-state index contributed by atoms with van der Waals surface area (Å²) in [6.07, 6.45) is 3.41. The van der Waals surface area contributed by atoms with Crippen molar-refractivity contribution in [3.63, 3.8) is 0 Å². The van der Waals surface area contributed by atoms with Crippen LogP contribution in [0.3, 0.4) is 0 Å². The summed E-state index contributed by atoms with van der Waals surface area (Å²) < 4.78 is 11.3. The minimum absolute atomic E-state index is 0.0424. The van der Waals surface area contributed by atoms with Crippen LogP contribution < -0.4 is 0 Å². The molecule has 0 aliphatic carbocycles. The van der Waals surface area contributed by atoms with Crippen molar-refractivity contribution in [3.05, 3.63) is 48.0 Å². The van der Waals surface area contributed by atoms with Gasteiger partial charge in [-0.1, -0.05) is 30.3 Å². The van der Waals surface area contributed by atoms with E-state index in [-0.39, 0.29) is 30.1 Å². The van der Waals surface area contributed by atoms with Crippen molar-refractivity contribution in [3.8, 4) is 0 Å². The molecule has 1 fully saturated rings. The van der Waals surface area contributed by atoms with Crippen LogP contribution in [-0.4, -0.2) is 41.6 Å². The van der Waals surface area contributed by atoms with Crippen molar-refractivity contribution in [1.82, 2.24) is 4.90 Å². The van der Waals surface area contributed by atoms with Crippen LogP contribution in [-0.2, 0) is 25.7 Å². The number of carbonyl (C=O) groups excluding carboxylic acids is 2. The van der Waals surface area contributed by atoms with E-state index < -0.39 is 0 Å². The Morgan fingerprint density at radius 3 is 2.82 bits per heavy atom. The predicted molar refractivity (Wildman–Crippen MR) is 79.8 cm³/mol. The highest BCUT2D eigenvalue weighted by molar-refractivity contribution is 5.89. The zero-order valence-electron chi connectivity index (χ0n) is 12.5. The number of benzene rings is 1. The Kier molecular flexibility index (Phi) is 4.24. The lowest BCUT2D eigenvalue weighted by atomic mass is 10.0. The fourth-order valence-electron chi connectivity index (χ4n) is 3.08. The summed E-state index contributed by atoms with van der Waals surface area (Å²) in [6, 6.07) is 9.63. The van der Waals surface area contributed by atoms with Crippen LogP contribution in [0.5, 0.6) is 0 Å². The van der Waals surface area contributed by atoms with Gasteiger partial charge in [0, 0.05) is 26.0 Å². The Bertz CT molecular complexity index is 584. The van der Waals surface area contributed by atoms with Crippen molar-refractivity contribution >= 4 is 11.9 Å². The number of nitrogens with zero attached hydrogens (tertiary/aromatic N) is 1. The highest BCUT2D eigenvalue weighted by Crippen LogP contribution is 2.29. The van der Waals surface area contributed by atoms with Crippen molar-refractivity contribution in [2.75, 3.05) is 6.54 Å². The van der Waals surface area contributed by atoms with Crippen molar-refractivity contribution in [2.24, 2.45) is 0 Å². The lowest BCUT2D eigenvalue weighted by Gasteiger charge is -2.35. The van der Waals surface area contributed by atoms with E-state index in [2.05, 4.69) is 0 Å².